The number of nitrogens with one attached hydrogen (secondary N) is 1. The van der Waals surface area contributed by atoms with Crippen molar-refractivity contribution in [2.75, 3.05) is 32.1 Å². The van der Waals surface area contributed by atoms with Gasteiger partial charge in [-0.1, -0.05) is 6.08 Å². The molecule has 0 radical (unpaired) electrons. The van der Waals surface area contributed by atoms with E-state index in [2.05, 4.69) is 11.9 Å². The summed E-state index contributed by atoms with van der Waals surface area (Å²) in [5.74, 6) is -0.512. The highest BCUT2D eigenvalue weighted by Crippen LogP contribution is 2.14. The van der Waals surface area contributed by atoms with Crippen LogP contribution in [0.4, 0.5) is 5.69 Å². The zero-order chi connectivity index (χ0) is 16.5. The molecule has 5 nitrogen and oxygen atoms in total. The third-order valence-electron chi connectivity index (χ3n) is 3.17. The molecule has 5 heteroatoms. The molecule has 0 amide bonds. The van der Waals surface area contributed by atoms with Crippen LogP contribution in [-0.4, -0.2) is 45.0 Å². The molecule has 1 rings (SSSR count). The minimum atomic E-state index is -0.609. The summed E-state index contributed by atoms with van der Waals surface area (Å²) < 4.78 is 4.93. The van der Waals surface area contributed by atoms with Gasteiger partial charge in [0.25, 0.3) is 0 Å². The fourth-order valence-electron chi connectivity index (χ4n) is 1.99. The lowest BCUT2D eigenvalue weighted by atomic mass is 10.0. The van der Waals surface area contributed by atoms with Gasteiger partial charge < -0.3 is 15.0 Å². The van der Waals surface area contributed by atoms with Crippen LogP contribution < -0.4 is 10.2 Å². The molecule has 1 unspecified atom stereocenters. The second-order valence-corrected chi connectivity index (χ2v) is 5.06. The minimum absolute atomic E-state index is 0.00987. The van der Waals surface area contributed by atoms with Gasteiger partial charge in [-0.15, -0.1) is 6.58 Å². The average molecular weight is 304 g/mol. The molecule has 0 heterocycles. The van der Waals surface area contributed by atoms with E-state index in [-0.39, 0.29) is 18.2 Å². The van der Waals surface area contributed by atoms with E-state index < -0.39 is 6.04 Å². The minimum Gasteiger partial charge on any atom is -0.466 e. The monoisotopic (exact) mass is 304 g/mol. The number of rotatable bonds is 9. The number of anilines is 1. The summed E-state index contributed by atoms with van der Waals surface area (Å²) in [6.07, 6.45) is 1.66. The molecule has 0 aromatic heterocycles. The van der Waals surface area contributed by atoms with E-state index in [4.69, 9.17) is 4.74 Å². The molecule has 0 aliphatic carbocycles. The molecule has 1 atom stereocenters. The van der Waals surface area contributed by atoms with Crippen molar-refractivity contribution in [3.05, 3.63) is 42.5 Å². The molecule has 0 aliphatic heterocycles. The number of hydrogen-bond acceptors (Lipinski definition) is 5. The summed E-state index contributed by atoms with van der Waals surface area (Å²) in [4.78, 5) is 26.2. The molecule has 0 bridgehead atoms. The Bertz CT molecular complexity index is 509. The lowest BCUT2D eigenvalue weighted by molar-refractivity contribution is -0.143. The first-order valence-corrected chi connectivity index (χ1v) is 7.31. The van der Waals surface area contributed by atoms with E-state index in [0.29, 0.717) is 18.7 Å². The Morgan fingerprint density at radius 3 is 2.45 bits per heavy atom. The maximum Gasteiger partial charge on any atom is 0.307 e. The van der Waals surface area contributed by atoms with Crippen LogP contribution in [-0.2, 0) is 9.53 Å². The van der Waals surface area contributed by atoms with Crippen LogP contribution in [0.2, 0.25) is 0 Å². The molecule has 120 valence electrons. The number of ether oxygens (including phenoxy) is 1. The fraction of sp³-hybridized carbons (Fsp3) is 0.412. The van der Waals surface area contributed by atoms with Gasteiger partial charge in [-0.3, -0.25) is 9.59 Å². The summed E-state index contributed by atoms with van der Waals surface area (Å²) >= 11 is 0. The predicted octanol–water partition coefficient (Wildman–Crippen LogP) is 2.03. The molecule has 22 heavy (non-hydrogen) atoms. The van der Waals surface area contributed by atoms with Gasteiger partial charge in [0.1, 0.15) is 0 Å². The predicted molar refractivity (Wildman–Crippen MR) is 88.3 cm³/mol. The van der Waals surface area contributed by atoms with Gasteiger partial charge in [-0.25, -0.2) is 0 Å². The molecule has 0 aliphatic rings. The van der Waals surface area contributed by atoms with E-state index in [1.165, 1.54) is 0 Å². The Kier molecular flexibility index (Phi) is 7.32. The summed E-state index contributed by atoms with van der Waals surface area (Å²) in [5, 5.41) is 3.02. The number of carbonyl (C=O) groups excluding carboxylic acids is 2. The van der Waals surface area contributed by atoms with Crippen molar-refractivity contribution < 1.29 is 14.3 Å². The van der Waals surface area contributed by atoms with Gasteiger partial charge in [0.05, 0.1) is 19.1 Å². The molecule has 0 spiro atoms. The van der Waals surface area contributed by atoms with Crippen LogP contribution >= 0.6 is 0 Å². The Morgan fingerprint density at radius 1 is 1.32 bits per heavy atom. The molecule has 0 saturated heterocycles. The summed E-state index contributed by atoms with van der Waals surface area (Å²) in [6, 6.07) is 6.68. The van der Waals surface area contributed by atoms with Crippen LogP contribution in [0.15, 0.2) is 36.9 Å². The number of Topliss-reactive ketones (excluding diaryl/α,β-unsaturated/α-hetero) is 1. The smallest absolute Gasteiger partial charge is 0.307 e. The Morgan fingerprint density at radius 2 is 1.95 bits per heavy atom. The SMILES string of the molecule is C=CCNC(CC(=O)OCC)C(=O)c1ccc(N(C)C)cc1. The molecular formula is C17H24N2O3. The average Bonchev–Trinajstić information content (AvgIpc) is 2.51. The van der Waals surface area contributed by atoms with Crippen molar-refractivity contribution in [1.29, 1.82) is 0 Å². The molecule has 0 saturated carbocycles. The normalized spacial score (nSPS) is 11.6. The van der Waals surface area contributed by atoms with Crippen molar-refractivity contribution in [2.24, 2.45) is 0 Å². The molecule has 0 fully saturated rings. The molecule has 1 aromatic carbocycles. The van der Waals surface area contributed by atoms with Gasteiger partial charge in [0.2, 0.25) is 0 Å². The number of ketones is 1. The van der Waals surface area contributed by atoms with Crippen LogP contribution in [0.25, 0.3) is 0 Å². The second-order valence-electron chi connectivity index (χ2n) is 5.06. The maximum atomic E-state index is 12.6. The lowest BCUT2D eigenvalue weighted by Gasteiger charge is -2.17. The van der Waals surface area contributed by atoms with E-state index in [1.54, 1.807) is 25.1 Å². The first kappa shape index (κ1) is 17.9. The molecular weight excluding hydrogens is 280 g/mol. The number of esters is 1. The van der Waals surface area contributed by atoms with E-state index in [1.807, 2.05) is 31.1 Å². The highest BCUT2D eigenvalue weighted by atomic mass is 16.5. The quantitative estimate of drug-likeness (QED) is 0.430. The Hall–Kier alpha value is -2.14. The first-order valence-electron chi connectivity index (χ1n) is 7.31. The standard InChI is InChI=1S/C17H24N2O3/c1-5-11-18-15(12-16(20)22-6-2)17(21)13-7-9-14(10-8-13)19(3)4/h5,7-10,15,18H,1,6,11-12H2,2-4H3. The third-order valence-corrected chi connectivity index (χ3v) is 3.17. The Labute approximate surface area is 132 Å². The second kappa shape index (κ2) is 9.00. The van der Waals surface area contributed by atoms with Crippen molar-refractivity contribution in [3.63, 3.8) is 0 Å². The Balaban J connectivity index is 2.85. The van der Waals surface area contributed by atoms with Gasteiger partial charge in [-0.2, -0.15) is 0 Å². The van der Waals surface area contributed by atoms with Crippen LogP contribution in [0.1, 0.15) is 23.7 Å². The molecule has 1 N–H and O–H groups in total. The maximum absolute atomic E-state index is 12.6. The fourth-order valence-corrected chi connectivity index (χ4v) is 1.99. The van der Waals surface area contributed by atoms with Gasteiger partial charge in [0.15, 0.2) is 5.78 Å². The highest BCUT2D eigenvalue weighted by Gasteiger charge is 2.23. The zero-order valence-corrected chi connectivity index (χ0v) is 13.5. The van der Waals surface area contributed by atoms with E-state index >= 15 is 0 Å². The lowest BCUT2D eigenvalue weighted by Crippen LogP contribution is -2.39. The van der Waals surface area contributed by atoms with Crippen LogP contribution in [0.3, 0.4) is 0 Å². The van der Waals surface area contributed by atoms with E-state index in [0.717, 1.165) is 5.69 Å². The van der Waals surface area contributed by atoms with Crippen molar-refractivity contribution in [1.82, 2.24) is 5.32 Å². The zero-order valence-electron chi connectivity index (χ0n) is 13.5. The largest absolute Gasteiger partial charge is 0.466 e. The van der Waals surface area contributed by atoms with Crippen molar-refractivity contribution in [3.8, 4) is 0 Å². The molecule has 1 aromatic rings. The number of carbonyl (C=O) groups is 2. The van der Waals surface area contributed by atoms with Crippen LogP contribution in [0, 0.1) is 0 Å². The van der Waals surface area contributed by atoms with Gasteiger partial charge >= 0.3 is 5.97 Å². The summed E-state index contributed by atoms with van der Waals surface area (Å²) in [7, 11) is 3.87. The van der Waals surface area contributed by atoms with Crippen molar-refractivity contribution >= 4 is 17.4 Å². The van der Waals surface area contributed by atoms with Crippen LogP contribution in [0.5, 0.6) is 0 Å². The van der Waals surface area contributed by atoms with E-state index in [9.17, 15) is 9.59 Å². The number of hydrogen-bond donors (Lipinski definition) is 1. The number of benzene rings is 1. The van der Waals surface area contributed by atoms with Gasteiger partial charge in [-0.05, 0) is 31.2 Å². The summed E-state index contributed by atoms with van der Waals surface area (Å²) in [6.45, 7) is 6.11. The first-order chi connectivity index (χ1) is 10.5. The van der Waals surface area contributed by atoms with Gasteiger partial charge in [0, 0.05) is 31.9 Å². The van der Waals surface area contributed by atoms with Crippen molar-refractivity contribution in [2.45, 2.75) is 19.4 Å². The third kappa shape index (κ3) is 5.33. The highest BCUT2D eigenvalue weighted by molar-refractivity contribution is 6.02. The summed E-state index contributed by atoms with van der Waals surface area (Å²) in [5.41, 5.74) is 1.58. The number of nitrogens with zero attached hydrogens (tertiary/aromatic N) is 1. The topological polar surface area (TPSA) is 58.6 Å².